The molecule has 1 atom stereocenters. The highest BCUT2D eigenvalue weighted by atomic mass is 19.4. The van der Waals surface area contributed by atoms with E-state index in [0.29, 0.717) is 12.1 Å². The van der Waals surface area contributed by atoms with Gasteiger partial charge < -0.3 is 19.3 Å². The zero-order chi connectivity index (χ0) is 24.6. The van der Waals surface area contributed by atoms with Crippen LogP contribution in [0.3, 0.4) is 0 Å². The van der Waals surface area contributed by atoms with Gasteiger partial charge in [0.2, 0.25) is 0 Å². The fraction of sp³-hybridized carbons (Fsp3) is 0.500. The predicted molar refractivity (Wildman–Crippen MR) is 107 cm³/mol. The third-order valence-electron chi connectivity index (χ3n) is 5.58. The number of halogens is 6. The van der Waals surface area contributed by atoms with Crippen molar-refractivity contribution in [1.29, 1.82) is 0 Å². The Morgan fingerprint density at radius 2 is 1.73 bits per heavy atom. The zero-order valence-corrected chi connectivity index (χ0v) is 18.3. The normalized spacial score (nSPS) is 21.5. The van der Waals surface area contributed by atoms with Crippen LogP contribution in [-0.4, -0.2) is 62.0 Å². The molecule has 0 N–H and O–H groups in total. The molecule has 0 spiro atoms. The Hall–Kier alpha value is -2.69. The number of ether oxygens (including phenoxy) is 2. The first-order valence-corrected chi connectivity index (χ1v) is 10.1. The second kappa shape index (κ2) is 8.92. The van der Waals surface area contributed by atoms with Crippen molar-refractivity contribution < 1.29 is 40.6 Å². The van der Waals surface area contributed by atoms with E-state index in [1.54, 1.807) is 0 Å². The van der Waals surface area contributed by atoms with Crippen molar-refractivity contribution in [2.24, 2.45) is 5.41 Å². The first-order valence-electron chi connectivity index (χ1n) is 10.1. The molecule has 1 aliphatic carbocycles. The van der Waals surface area contributed by atoms with Crippen molar-refractivity contribution >= 4 is 5.91 Å². The minimum Gasteiger partial charge on any atom is -0.497 e. The lowest BCUT2D eigenvalue weighted by Gasteiger charge is -2.36. The Kier molecular flexibility index (Phi) is 6.74. The van der Waals surface area contributed by atoms with E-state index in [4.69, 9.17) is 4.74 Å². The molecule has 0 aromatic heterocycles. The minimum absolute atomic E-state index is 0.0544. The van der Waals surface area contributed by atoms with E-state index < -0.39 is 36.0 Å². The van der Waals surface area contributed by atoms with Gasteiger partial charge in [-0.3, -0.25) is 4.79 Å². The van der Waals surface area contributed by atoms with Gasteiger partial charge in [0, 0.05) is 31.6 Å². The van der Waals surface area contributed by atoms with Crippen molar-refractivity contribution in [1.82, 2.24) is 9.80 Å². The number of hydrogen-bond donors (Lipinski definition) is 0. The second-order valence-corrected chi connectivity index (χ2v) is 8.52. The maximum atomic E-state index is 14.1. The maximum Gasteiger partial charge on any atom is 0.573 e. The molecule has 1 amide bonds. The van der Waals surface area contributed by atoms with Gasteiger partial charge in [-0.05, 0) is 50.4 Å². The highest BCUT2D eigenvalue weighted by molar-refractivity contribution is 5.99. The van der Waals surface area contributed by atoms with Crippen molar-refractivity contribution in [3.05, 3.63) is 52.8 Å². The summed E-state index contributed by atoms with van der Waals surface area (Å²) in [5.41, 5.74) is -2.02. The van der Waals surface area contributed by atoms with E-state index in [0.717, 1.165) is 19.1 Å². The quantitative estimate of drug-likeness (QED) is 0.535. The summed E-state index contributed by atoms with van der Waals surface area (Å²) in [4.78, 5) is 16.1. The van der Waals surface area contributed by atoms with Gasteiger partial charge in [0.05, 0.1) is 5.76 Å². The van der Waals surface area contributed by atoms with Crippen molar-refractivity contribution in [3.63, 3.8) is 0 Å². The van der Waals surface area contributed by atoms with Gasteiger partial charge in [0.1, 0.15) is 17.8 Å². The molecular formula is C22H24F6N2O3. The molecule has 1 heterocycles. The molecule has 0 fully saturated rings. The monoisotopic (exact) mass is 478 g/mol. The van der Waals surface area contributed by atoms with Crippen LogP contribution in [0.15, 0.2) is 47.2 Å². The molecule has 1 aromatic carbocycles. The summed E-state index contributed by atoms with van der Waals surface area (Å²) < 4.78 is 88.6. The molecule has 0 saturated heterocycles. The van der Waals surface area contributed by atoms with Gasteiger partial charge >= 0.3 is 12.5 Å². The van der Waals surface area contributed by atoms with Crippen LogP contribution in [0.1, 0.15) is 18.9 Å². The molecular weight excluding hydrogens is 454 g/mol. The van der Waals surface area contributed by atoms with Gasteiger partial charge in [-0.2, -0.15) is 13.2 Å². The Labute approximate surface area is 187 Å². The van der Waals surface area contributed by atoms with Crippen LogP contribution in [-0.2, 0) is 16.1 Å². The van der Waals surface area contributed by atoms with E-state index in [9.17, 15) is 31.1 Å². The van der Waals surface area contributed by atoms with Crippen LogP contribution in [0.4, 0.5) is 26.3 Å². The first kappa shape index (κ1) is 24.9. The molecule has 1 aliphatic heterocycles. The summed E-state index contributed by atoms with van der Waals surface area (Å²) in [6, 6.07) is 4.85. The van der Waals surface area contributed by atoms with E-state index in [1.807, 2.05) is 19.0 Å². The fourth-order valence-corrected chi connectivity index (χ4v) is 3.88. The van der Waals surface area contributed by atoms with Crippen LogP contribution >= 0.6 is 0 Å². The topological polar surface area (TPSA) is 42.0 Å². The number of alkyl halides is 6. The molecule has 0 saturated carbocycles. The van der Waals surface area contributed by atoms with Crippen LogP contribution < -0.4 is 4.74 Å². The Morgan fingerprint density at radius 1 is 1.09 bits per heavy atom. The summed E-state index contributed by atoms with van der Waals surface area (Å²) in [7, 11) is 3.63. The van der Waals surface area contributed by atoms with Gasteiger partial charge in [-0.25, -0.2) is 0 Å². The van der Waals surface area contributed by atoms with Gasteiger partial charge in [0.15, 0.2) is 0 Å². The van der Waals surface area contributed by atoms with Crippen molar-refractivity contribution in [2.75, 3.05) is 33.8 Å². The number of amides is 1. The Morgan fingerprint density at radius 3 is 2.27 bits per heavy atom. The average molecular weight is 478 g/mol. The number of rotatable bonds is 7. The Bertz CT molecular complexity index is 950. The van der Waals surface area contributed by atoms with Gasteiger partial charge in [-0.1, -0.05) is 12.1 Å². The molecule has 1 aromatic rings. The highest BCUT2D eigenvalue weighted by Gasteiger charge is 2.59. The summed E-state index contributed by atoms with van der Waals surface area (Å²) >= 11 is 0. The maximum absolute atomic E-state index is 14.1. The summed E-state index contributed by atoms with van der Waals surface area (Å²) in [6.07, 6.45) is -8.50. The van der Waals surface area contributed by atoms with Crippen LogP contribution in [0.5, 0.6) is 5.75 Å². The SMILES string of the molecule is CN(C)CCOC1=CC2=C(C(=O)N(Cc3ccc(OC(F)(F)F)cc3)C2)C(C)(C(F)(F)F)C1. The molecule has 182 valence electrons. The molecule has 1 unspecified atom stereocenters. The highest BCUT2D eigenvalue weighted by Crippen LogP contribution is 2.53. The summed E-state index contributed by atoms with van der Waals surface area (Å²) in [5.74, 6) is -1.01. The van der Waals surface area contributed by atoms with Crippen LogP contribution in [0.2, 0.25) is 0 Å². The number of hydrogen-bond acceptors (Lipinski definition) is 4. The third kappa shape index (κ3) is 5.63. The van der Waals surface area contributed by atoms with Gasteiger partial charge in [0.25, 0.3) is 5.91 Å². The molecule has 5 nitrogen and oxygen atoms in total. The number of carbonyl (C=O) groups excluding carboxylic acids is 1. The summed E-state index contributed by atoms with van der Waals surface area (Å²) in [6.45, 7) is 1.61. The van der Waals surface area contributed by atoms with E-state index in [2.05, 4.69) is 4.74 Å². The lowest BCUT2D eigenvalue weighted by Crippen LogP contribution is -2.42. The van der Waals surface area contributed by atoms with Gasteiger partial charge in [-0.15, -0.1) is 13.2 Å². The lowest BCUT2D eigenvalue weighted by molar-refractivity contribution is -0.274. The number of likely N-dealkylation sites (N-methyl/N-ethyl adjacent to an activating group) is 1. The second-order valence-electron chi connectivity index (χ2n) is 8.52. The number of nitrogens with zero attached hydrogens (tertiary/aromatic N) is 2. The Balaban J connectivity index is 1.80. The number of carbonyl (C=O) groups is 1. The zero-order valence-electron chi connectivity index (χ0n) is 18.3. The van der Waals surface area contributed by atoms with Crippen LogP contribution in [0.25, 0.3) is 0 Å². The molecule has 11 heteroatoms. The molecule has 3 rings (SSSR count). The molecule has 0 radical (unpaired) electrons. The molecule has 0 bridgehead atoms. The first-order chi connectivity index (χ1) is 15.2. The van der Waals surface area contributed by atoms with Crippen molar-refractivity contribution in [2.45, 2.75) is 32.4 Å². The molecule has 2 aliphatic rings. The fourth-order valence-electron chi connectivity index (χ4n) is 3.88. The third-order valence-corrected chi connectivity index (χ3v) is 5.58. The van der Waals surface area contributed by atoms with Crippen LogP contribution in [0, 0.1) is 5.41 Å². The number of allylic oxidation sites excluding steroid dienone is 1. The van der Waals surface area contributed by atoms with Crippen molar-refractivity contribution in [3.8, 4) is 5.75 Å². The standard InChI is InChI=1S/C22H24F6N2O3/c1-20(21(23,24)25)11-17(32-9-8-29(2)3)10-15-13-30(19(31)18(15)20)12-14-4-6-16(7-5-14)33-22(26,27)28/h4-7,10H,8-9,11-13H2,1-3H3. The largest absolute Gasteiger partial charge is 0.573 e. The van der Waals surface area contributed by atoms with E-state index >= 15 is 0 Å². The minimum atomic E-state index is -4.84. The predicted octanol–water partition coefficient (Wildman–Crippen LogP) is 4.66. The van der Waals surface area contributed by atoms with E-state index in [-0.39, 0.29) is 36.6 Å². The average Bonchev–Trinajstić information content (AvgIpc) is 2.97. The van der Waals surface area contributed by atoms with E-state index in [1.165, 1.54) is 23.1 Å². The lowest BCUT2D eigenvalue weighted by atomic mass is 9.73. The smallest absolute Gasteiger partial charge is 0.497 e. The number of benzene rings is 1. The summed E-state index contributed by atoms with van der Waals surface area (Å²) in [5, 5.41) is 0. The molecule has 33 heavy (non-hydrogen) atoms.